The first-order chi connectivity index (χ1) is 8.27. The third-order valence-electron chi connectivity index (χ3n) is 2.25. The van der Waals surface area contributed by atoms with Crippen LogP contribution in [0, 0.1) is 0 Å². The van der Waals surface area contributed by atoms with E-state index in [0.717, 1.165) is 6.42 Å². The Morgan fingerprint density at radius 1 is 1.35 bits per heavy atom. The summed E-state index contributed by atoms with van der Waals surface area (Å²) in [5.41, 5.74) is 1.000. The van der Waals surface area contributed by atoms with E-state index in [1.807, 2.05) is 12.1 Å². The van der Waals surface area contributed by atoms with E-state index in [1.54, 1.807) is 12.4 Å². The zero-order chi connectivity index (χ0) is 12.1. The number of hydrogen-bond acceptors (Lipinski definition) is 4. The standard InChI is InChI=1S/C11H11BrN4O/c12-9-10(15-7-16-11(9)17)14-6-3-8-1-4-13-5-2-8/h1-2,4-5,7H,3,6H2,(H2,14,15,16,17). The molecular weight excluding hydrogens is 284 g/mol. The zero-order valence-electron chi connectivity index (χ0n) is 8.98. The molecule has 6 heteroatoms. The Morgan fingerprint density at radius 3 is 2.88 bits per heavy atom. The van der Waals surface area contributed by atoms with Crippen LogP contribution in [0.1, 0.15) is 5.56 Å². The summed E-state index contributed by atoms with van der Waals surface area (Å²) >= 11 is 3.19. The van der Waals surface area contributed by atoms with Gasteiger partial charge in [-0.3, -0.25) is 9.78 Å². The average Bonchev–Trinajstić information content (AvgIpc) is 2.36. The number of hydrogen-bond donors (Lipinski definition) is 2. The lowest BCUT2D eigenvalue weighted by atomic mass is 10.2. The first-order valence-electron chi connectivity index (χ1n) is 5.13. The minimum absolute atomic E-state index is 0.189. The molecule has 0 aliphatic rings. The van der Waals surface area contributed by atoms with Gasteiger partial charge in [-0.2, -0.15) is 0 Å². The van der Waals surface area contributed by atoms with E-state index in [1.165, 1.54) is 11.9 Å². The second kappa shape index (κ2) is 5.58. The molecule has 0 aromatic carbocycles. The molecule has 0 bridgehead atoms. The molecule has 0 unspecified atom stereocenters. The Kier molecular flexibility index (Phi) is 3.87. The summed E-state index contributed by atoms with van der Waals surface area (Å²) in [6, 6.07) is 3.92. The molecule has 2 rings (SSSR count). The predicted molar refractivity (Wildman–Crippen MR) is 69.0 cm³/mol. The monoisotopic (exact) mass is 294 g/mol. The Hall–Kier alpha value is -1.69. The van der Waals surface area contributed by atoms with Crippen LogP contribution in [0.5, 0.6) is 0 Å². The van der Waals surface area contributed by atoms with E-state index in [0.29, 0.717) is 16.8 Å². The second-order valence-electron chi connectivity index (χ2n) is 3.43. The molecule has 2 N–H and O–H groups in total. The summed E-state index contributed by atoms with van der Waals surface area (Å²) < 4.78 is 0.426. The molecule has 0 spiro atoms. The number of H-pyrrole nitrogens is 1. The second-order valence-corrected chi connectivity index (χ2v) is 4.22. The van der Waals surface area contributed by atoms with Crippen molar-refractivity contribution in [3.8, 4) is 0 Å². The summed E-state index contributed by atoms with van der Waals surface area (Å²) in [5, 5.41) is 3.10. The summed E-state index contributed by atoms with van der Waals surface area (Å²) in [4.78, 5) is 21.8. The Balaban J connectivity index is 1.95. The number of halogens is 1. The van der Waals surface area contributed by atoms with Crippen molar-refractivity contribution in [2.75, 3.05) is 11.9 Å². The van der Waals surface area contributed by atoms with E-state index >= 15 is 0 Å². The van der Waals surface area contributed by atoms with Crippen molar-refractivity contribution in [1.82, 2.24) is 15.0 Å². The van der Waals surface area contributed by atoms with Crippen LogP contribution >= 0.6 is 15.9 Å². The van der Waals surface area contributed by atoms with E-state index < -0.39 is 0 Å². The van der Waals surface area contributed by atoms with Crippen molar-refractivity contribution in [3.63, 3.8) is 0 Å². The molecule has 0 radical (unpaired) electrons. The van der Waals surface area contributed by atoms with Gasteiger partial charge in [-0.15, -0.1) is 0 Å². The first-order valence-corrected chi connectivity index (χ1v) is 5.92. The lowest BCUT2D eigenvalue weighted by Crippen LogP contribution is -2.13. The molecule has 0 atom stereocenters. The summed E-state index contributed by atoms with van der Waals surface area (Å²) in [6.45, 7) is 0.707. The van der Waals surface area contributed by atoms with Crippen molar-refractivity contribution in [3.05, 3.63) is 51.2 Å². The van der Waals surface area contributed by atoms with Gasteiger partial charge in [0.25, 0.3) is 5.56 Å². The molecule has 0 amide bonds. The fraction of sp³-hybridized carbons (Fsp3) is 0.182. The third kappa shape index (κ3) is 3.13. The number of rotatable bonds is 4. The maximum Gasteiger partial charge on any atom is 0.267 e. The number of pyridine rings is 1. The van der Waals surface area contributed by atoms with Gasteiger partial charge in [0, 0.05) is 18.9 Å². The quantitative estimate of drug-likeness (QED) is 0.898. The molecule has 2 aromatic rings. The van der Waals surface area contributed by atoms with Crippen LogP contribution in [-0.2, 0) is 6.42 Å². The molecule has 0 saturated carbocycles. The fourth-order valence-corrected chi connectivity index (χ4v) is 1.74. The topological polar surface area (TPSA) is 70.7 Å². The van der Waals surface area contributed by atoms with Gasteiger partial charge >= 0.3 is 0 Å². The van der Waals surface area contributed by atoms with Crippen LogP contribution < -0.4 is 10.9 Å². The summed E-state index contributed by atoms with van der Waals surface area (Å²) in [5.74, 6) is 0.558. The zero-order valence-corrected chi connectivity index (χ0v) is 10.6. The summed E-state index contributed by atoms with van der Waals surface area (Å²) in [6.07, 6.45) is 5.75. The SMILES string of the molecule is O=c1[nH]cnc(NCCc2ccncc2)c1Br. The van der Waals surface area contributed by atoms with E-state index in [4.69, 9.17) is 0 Å². The van der Waals surface area contributed by atoms with Gasteiger partial charge in [0.1, 0.15) is 10.3 Å². The number of nitrogens with one attached hydrogen (secondary N) is 2. The lowest BCUT2D eigenvalue weighted by molar-refractivity contribution is 0.984. The highest BCUT2D eigenvalue weighted by Gasteiger charge is 2.03. The highest BCUT2D eigenvalue weighted by Crippen LogP contribution is 2.12. The van der Waals surface area contributed by atoms with Gasteiger partial charge in [-0.1, -0.05) is 0 Å². The van der Waals surface area contributed by atoms with Gasteiger partial charge in [-0.05, 0) is 40.0 Å². The van der Waals surface area contributed by atoms with Gasteiger partial charge in [0.05, 0.1) is 6.33 Å². The molecule has 0 saturated heterocycles. The first kappa shape index (κ1) is 11.8. The lowest BCUT2D eigenvalue weighted by Gasteiger charge is -2.06. The normalized spacial score (nSPS) is 10.2. The summed E-state index contributed by atoms with van der Waals surface area (Å²) in [7, 11) is 0. The fourth-order valence-electron chi connectivity index (χ4n) is 1.38. The van der Waals surface area contributed by atoms with Gasteiger partial charge < -0.3 is 10.3 Å². The van der Waals surface area contributed by atoms with Gasteiger partial charge in [0.15, 0.2) is 0 Å². The van der Waals surface area contributed by atoms with E-state index in [2.05, 4.69) is 36.2 Å². The van der Waals surface area contributed by atoms with Crippen LogP contribution in [0.2, 0.25) is 0 Å². The molecule has 0 aliphatic carbocycles. The van der Waals surface area contributed by atoms with Crippen LogP contribution in [0.3, 0.4) is 0 Å². The minimum atomic E-state index is -0.189. The van der Waals surface area contributed by atoms with E-state index in [-0.39, 0.29) is 5.56 Å². The number of anilines is 1. The van der Waals surface area contributed by atoms with Crippen molar-refractivity contribution in [2.45, 2.75) is 6.42 Å². The highest BCUT2D eigenvalue weighted by molar-refractivity contribution is 9.10. The molecule has 2 heterocycles. The maximum absolute atomic E-state index is 11.3. The van der Waals surface area contributed by atoms with Crippen molar-refractivity contribution >= 4 is 21.7 Å². The molecule has 2 aromatic heterocycles. The van der Waals surface area contributed by atoms with Crippen LogP contribution in [0.15, 0.2) is 40.1 Å². The largest absolute Gasteiger partial charge is 0.369 e. The Morgan fingerprint density at radius 2 is 2.12 bits per heavy atom. The molecule has 88 valence electrons. The van der Waals surface area contributed by atoms with Gasteiger partial charge in [-0.25, -0.2) is 4.98 Å². The van der Waals surface area contributed by atoms with Crippen LogP contribution in [0.25, 0.3) is 0 Å². The van der Waals surface area contributed by atoms with Crippen molar-refractivity contribution in [2.24, 2.45) is 0 Å². The smallest absolute Gasteiger partial charge is 0.267 e. The number of nitrogens with zero attached hydrogens (tertiary/aromatic N) is 2. The van der Waals surface area contributed by atoms with Crippen LogP contribution in [0.4, 0.5) is 5.82 Å². The molecule has 0 fully saturated rings. The molecule has 17 heavy (non-hydrogen) atoms. The molecule has 5 nitrogen and oxygen atoms in total. The predicted octanol–water partition coefficient (Wildman–Crippen LogP) is 1.58. The minimum Gasteiger partial charge on any atom is -0.369 e. The van der Waals surface area contributed by atoms with Crippen LogP contribution in [-0.4, -0.2) is 21.5 Å². The average molecular weight is 295 g/mol. The Bertz CT molecular complexity index is 541. The number of aromatic amines is 1. The molecule has 0 aliphatic heterocycles. The van der Waals surface area contributed by atoms with Crippen molar-refractivity contribution < 1.29 is 0 Å². The third-order valence-corrected chi connectivity index (χ3v) is 2.99. The highest BCUT2D eigenvalue weighted by atomic mass is 79.9. The Labute approximate surface area is 106 Å². The molecular formula is C11H11BrN4O. The van der Waals surface area contributed by atoms with Gasteiger partial charge in [0.2, 0.25) is 0 Å². The maximum atomic E-state index is 11.3. The van der Waals surface area contributed by atoms with E-state index in [9.17, 15) is 4.79 Å². The van der Waals surface area contributed by atoms with Crippen molar-refractivity contribution in [1.29, 1.82) is 0 Å². The number of aromatic nitrogens is 3.